The Balaban J connectivity index is 1.40. The minimum atomic E-state index is 0.359. The number of hydrogen-bond donors (Lipinski definition) is 1. The molecule has 5 nitrogen and oxygen atoms in total. The van der Waals surface area contributed by atoms with Gasteiger partial charge in [-0.3, -0.25) is 9.69 Å². The second-order valence-electron chi connectivity index (χ2n) is 6.95. The van der Waals surface area contributed by atoms with Crippen LogP contribution in [0, 0.1) is 0 Å². The normalized spacial score (nSPS) is 29.4. The highest BCUT2D eigenvalue weighted by molar-refractivity contribution is 5.76. The molecule has 1 atom stereocenters. The van der Waals surface area contributed by atoms with E-state index in [9.17, 15) is 4.79 Å². The van der Waals surface area contributed by atoms with E-state index in [1.165, 1.54) is 25.9 Å². The van der Waals surface area contributed by atoms with Crippen molar-refractivity contribution in [1.82, 2.24) is 14.7 Å². The van der Waals surface area contributed by atoms with E-state index in [-0.39, 0.29) is 0 Å². The summed E-state index contributed by atoms with van der Waals surface area (Å²) < 4.78 is 0. The Hall–Kier alpha value is -0.650. The largest absolute Gasteiger partial charge is 0.341 e. The minimum Gasteiger partial charge on any atom is -0.341 e. The highest BCUT2D eigenvalue weighted by atomic mass is 16.2. The number of piperidine rings is 1. The van der Waals surface area contributed by atoms with Crippen molar-refractivity contribution in [2.45, 2.75) is 50.6 Å². The fourth-order valence-corrected chi connectivity index (χ4v) is 3.97. The van der Waals surface area contributed by atoms with Gasteiger partial charge in [0.1, 0.15) is 0 Å². The molecule has 0 aliphatic carbocycles. The summed E-state index contributed by atoms with van der Waals surface area (Å²) in [6, 6.07) is 0.967. The molecular weight excluding hydrogens is 264 g/mol. The standard InChI is InChI=1S/C16H30N4O/c17-14-3-10-19(11-4-14)15-5-12-20(13-15)16(21)6-9-18-7-1-2-8-18/h14-15H,1-13,17H2. The molecule has 3 fully saturated rings. The number of nitrogens with zero attached hydrogens (tertiary/aromatic N) is 3. The van der Waals surface area contributed by atoms with Gasteiger partial charge in [0.15, 0.2) is 0 Å². The molecule has 3 saturated heterocycles. The van der Waals surface area contributed by atoms with Gasteiger partial charge < -0.3 is 15.5 Å². The summed E-state index contributed by atoms with van der Waals surface area (Å²) in [5, 5.41) is 0. The van der Waals surface area contributed by atoms with Gasteiger partial charge in [0.2, 0.25) is 5.91 Å². The van der Waals surface area contributed by atoms with Crippen molar-refractivity contribution >= 4 is 5.91 Å². The lowest BCUT2D eigenvalue weighted by Gasteiger charge is -2.34. The average molecular weight is 294 g/mol. The molecule has 3 rings (SSSR count). The summed E-state index contributed by atoms with van der Waals surface area (Å²) in [6.45, 7) is 7.44. The van der Waals surface area contributed by atoms with Gasteiger partial charge in [-0.2, -0.15) is 0 Å². The Morgan fingerprint density at radius 3 is 2.43 bits per heavy atom. The number of nitrogens with two attached hydrogens (primary N) is 1. The smallest absolute Gasteiger partial charge is 0.223 e. The van der Waals surface area contributed by atoms with E-state index in [4.69, 9.17) is 5.73 Å². The summed E-state index contributed by atoms with van der Waals surface area (Å²) in [7, 11) is 0. The first-order chi connectivity index (χ1) is 10.2. The van der Waals surface area contributed by atoms with Crippen molar-refractivity contribution < 1.29 is 4.79 Å². The zero-order valence-corrected chi connectivity index (χ0v) is 13.2. The van der Waals surface area contributed by atoms with Gasteiger partial charge in [-0.15, -0.1) is 0 Å². The molecule has 0 bridgehead atoms. The topological polar surface area (TPSA) is 52.8 Å². The van der Waals surface area contributed by atoms with E-state index < -0.39 is 0 Å². The van der Waals surface area contributed by atoms with Gasteiger partial charge in [0.25, 0.3) is 0 Å². The van der Waals surface area contributed by atoms with Crippen LogP contribution in [0.3, 0.4) is 0 Å². The first-order valence-corrected chi connectivity index (χ1v) is 8.72. The van der Waals surface area contributed by atoms with Gasteiger partial charge in [-0.1, -0.05) is 0 Å². The molecule has 3 heterocycles. The van der Waals surface area contributed by atoms with E-state index in [0.29, 0.717) is 24.4 Å². The van der Waals surface area contributed by atoms with Crippen LogP contribution in [0.1, 0.15) is 38.5 Å². The molecule has 0 aromatic carbocycles. The Morgan fingerprint density at radius 1 is 1.00 bits per heavy atom. The maximum Gasteiger partial charge on any atom is 0.223 e. The van der Waals surface area contributed by atoms with Crippen molar-refractivity contribution in [3.8, 4) is 0 Å². The zero-order valence-electron chi connectivity index (χ0n) is 13.2. The van der Waals surface area contributed by atoms with Gasteiger partial charge in [0.05, 0.1) is 0 Å². The van der Waals surface area contributed by atoms with E-state index in [1.807, 2.05) is 0 Å². The summed E-state index contributed by atoms with van der Waals surface area (Å²) in [4.78, 5) is 19.4. The third-order valence-electron chi connectivity index (χ3n) is 5.45. The SMILES string of the molecule is NC1CCN(C2CCN(C(=O)CCN3CCCC3)C2)CC1. The first kappa shape index (κ1) is 15.3. The van der Waals surface area contributed by atoms with Gasteiger partial charge in [0, 0.05) is 38.1 Å². The predicted octanol–water partition coefficient (Wildman–Crippen LogP) is 0.496. The van der Waals surface area contributed by atoms with E-state index in [1.54, 1.807) is 0 Å². The van der Waals surface area contributed by atoms with Crippen LogP contribution in [0.2, 0.25) is 0 Å². The monoisotopic (exact) mass is 294 g/mol. The quantitative estimate of drug-likeness (QED) is 0.820. The van der Waals surface area contributed by atoms with Crippen LogP contribution in [0.4, 0.5) is 0 Å². The molecule has 21 heavy (non-hydrogen) atoms. The second-order valence-corrected chi connectivity index (χ2v) is 6.95. The molecule has 3 aliphatic rings. The van der Waals surface area contributed by atoms with Gasteiger partial charge >= 0.3 is 0 Å². The predicted molar refractivity (Wildman–Crippen MR) is 84.1 cm³/mol. The molecular formula is C16H30N4O. The zero-order chi connectivity index (χ0) is 14.7. The van der Waals surface area contributed by atoms with Gasteiger partial charge in [-0.25, -0.2) is 0 Å². The van der Waals surface area contributed by atoms with E-state index in [0.717, 1.165) is 52.0 Å². The summed E-state index contributed by atoms with van der Waals surface area (Å²) >= 11 is 0. The molecule has 0 aromatic heterocycles. The summed E-state index contributed by atoms with van der Waals surface area (Å²) in [5.74, 6) is 0.359. The van der Waals surface area contributed by atoms with Crippen molar-refractivity contribution in [3.05, 3.63) is 0 Å². The molecule has 0 aromatic rings. The molecule has 2 N–H and O–H groups in total. The summed E-state index contributed by atoms with van der Waals surface area (Å²) in [5.41, 5.74) is 5.97. The van der Waals surface area contributed by atoms with E-state index >= 15 is 0 Å². The molecule has 5 heteroatoms. The lowest BCUT2D eigenvalue weighted by molar-refractivity contribution is -0.130. The first-order valence-electron chi connectivity index (χ1n) is 8.72. The highest BCUT2D eigenvalue weighted by Crippen LogP contribution is 2.20. The number of amides is 1. The van der Waals surface area contributed by atoms with Crippen molar-refractivity contribution in [2.75, 3.05) is 45.8 Å². The summed E-state index contributed by atoms with van der Waals surface area (Å²) in [6.07, 6.45) is 6.68. The molecule has 1 unspecified atom stereocenters. The average Bonchev–Trinajstić information content (AvgIpc) is 3.17. The number of carbonyl (C=O) groups is 1. The van der Waals surface area contributed by atoms with Crippen LogP contribution >= 0.6 is 0 Å². The highest BCUT2D eigenvalue weighted by Gasteiger charge is 2.31. The van der Waals surface area contributed by atoms with Crippen LogP contribution in [0.25, 0.3) is 0 Å². The van der Waals surface area contributed by atoms with Crippen LogP contribution in [-0.4, -0.2) is 78.5 Å². The second kappa shape index (κ2) is 7.07. The van der Waals surface area contributed by atoms with Crippen LogP contribution in [-0.2, 0) is 4.79 Å². The van der Waals surface area contributed by atoms with Crippen molar-refractivity contribution in [2.24, 2.45) is 5.73 Å². The number of rotatable bonds is 4. The van der Waals surface area contributed by atoms with Crippen LogP contribution < -0.4 is 5.73 Å². The fourth-order valence-electron chi connectivity index (χ4n) is 3.97. The Morgan fingerprint density at radius 2 is 1.71 bits per heavy atom. The van der Waals surface area contributed by atoms with Crippen molar-refractivity contribution in [3.63, 3.8) is 0 Å². The van der Waals surface area contributed by atoms with Gasteiger partial charge in [-0.05, 0) is 58.3 Å². The molecule has 120 valence electrons. The Labute approximate surface area is 128 Å². The number of likely N-dealkylation sites (tertiary alicyclic amines) is 3. The lowest BCUT2D eigenvalue weighted by Crippen LogP contribution is -2.46. The third-order valence-corrected chi connectivity index (χ3v) is 5.45. The van der Waals surface area contributed by atoms with Crippen molar-refractivity contribution in [1.29, 1.82) is 0 Å². The molecule has 0 radical (unpaired) electrons. The molecule has 1 amide bonds. The Bertz CT molecular complexity index is 348. The number of carbonyl (C=O) groups excluding carboxylic acids is 1. The maximum atomic E-state index is 12.3. The Kier molecular flexibility index (Phi) is 5.14. The maximum absolute atomic E-state index is 12.3. The van der Waals surface area contributed by atoms with Crippen LogP contribution in [0.5, 0.6) is 0 Å². The van der Waals surface area contributed by atoms with E-state index in [2.05, 4.69) is 14.7 Å². The number of hydrogen-bond acceptors (Lipinski definition) is 4. The fraction of sp³-hybridized carbons (Fsp3) is 0.938. The third kappa shape index (κ3) is 3.96. The van der Waals surface area contributed by atoms with Crippen LogP contribution in [0.15, 0.2) is 0 Å². The molecule has 0 saturated carbocycles. The molecule has 3 aliphatic heterocycles. The minimum absolute atomic E-state index is 0.359. The molecule has 0 spiro atoms. The lowest BCUT2D eigenvalue weighted by atomic mass is 10.0.